The summed E-state index contributed by atoms with van der Waals surface area (Å²) in [6.45, 7) is 0. The van der Waals surface area contributed by atoms with Gasteiger partial charge in [-0.1, -0.05) is 35.2 Å². The molecule has 0 unspecified atom stereocenters. The van der Waals surface area contributed by atoms with Crippen LogP contribution in [0.5, 0.6) is 5.75 Å². The molecule has 0 aliphatic carbocycles. The van der Waals surface area contributed by atoms with E-state index in [-0.39, 0.29) is 24.0 Å². The van der Waals surface area contributed by atoms with Crippen LogP contribution < -0.4 is 15.6 Å². The number of benzene rings is 1. The minimum atomic E-state index is -0.328. The molecule has 2 N–H and O–H groups in total. The summed E-state index contributed by atoms with van der Waals surface area (Å²) in [6.07, 6.45) is 3.55. The lowest BCUT2D eigenvalue weighted by molar-refractivity contribution is -0.127. The van der Waals surface area contributed by atoms with Crippen molar-refractivity contribution in [3.05, 3.63) is 54.4 Å². The molecule has 8 nitrogen and oxygen atoms in total. The van der Waals surface area contributed by atoms with Gasteiger partial charge in [0, 0.05) is 18.0 Å². The number of hydrogen-bond acceptors (Lipinski definition) is 8. The van der Waals surface area contributed by atoms with Crippen LogP contribution in [0.4, 0.5) is 0 Å². The van der Waals surface area contributed by atoms with E-state index in [0.717, 1.165) is 21.9 Å². The van der Waals surface area contributed by atoms with Crippen LogP contribution in [0.15, 0.2) is 53.1 Å². The number of nitrogens with one attached hydrogen (secondary N) is 2. The molecule has 0 fully saturated rings. The van der Waals surface area contributed by atoms with E-state index in [1.165, 1.54) is 23.1 Å². The maximum absolute atomic E-state index is 11.9. The molecule has 2 amide bonds. The third-order valence-electron chi connectivity index (χ3n) is 3.51. The van der Waals surface area contributed by atoms with Crippen molar-refractivity contribution >= 4 is 34.9 Å². The molecule has 0 aliphatic heterocycles. The largest absolute Gasteiger partial charge is 0.497 e. The van der Waals surface area contributed by atoms with Crippen molar-refractivity contribution in [2.24, 2.45) is 0 Å². The Morgan fingerprint density at radius 1 is 1.11 bits per heavy atom. The Morgan fingerprint density at radius 2 is 1.89 bits per heavy atom. The average Bonchev–Trinajstić information content (AvgIpc) is 3.21. The highest BCUT2D eigenvalue weighted by atomic mass is 32.2. The number of amides is 2. The van der Waals surface area contributed by atoms with Crippen molar-refractivity contribution in [1.29, 1.82) is 0 Å². The van der Waals surface area contributed by atoms with Gasteiger partial charge < -0.3 is 4.74 Å². The third-order valence-corrected chi connectivity index (χ3v) is 5.61. The molecule has 3 aromatic rings. The van der Waals surface area contributed by atoms with Crippen LogP contribution in [-0.2, 0) is 16.0 Å². The first-order valence-electron chi connectivity index (χ1n) is 8.21. The van der Waals surface area contributed by atoms with E-state index in [1.807, 2.05) is 12.1 Å². The second-order valence-corrected chi connectivity index (χ2v) is 7.72. The van der Waals surface area contributed by atoms with Gasteiger partial charge in [0.25, 0.3) is 0 Å². The van der Waals surface area contributed by atoms with Crippen LogP contribution in [0.2, 0.25) is 0 Å². The number of nitrogens with zero attached hydrogens (tertiary/aromatic N) is 3. The molecule has 28 heavy (non-hydrogen) atoms. The molecule has 10 heteroatoms. The molecule has 0 spiro atoms. The highest BCUT2D eigenvalue weighted by molar-refractivity contribution is 8.01. The van der Waals surface area contributed by atoms with Gasteiger partial charge in [-0.05, 0) is 29.8 Å². The lowest BCUT2D eigenvalue weighted by Gasteiger charge is -2.07. The van der Waals surface area contributed by atoms with E-state index < -0.39 is 0 Å². The van der Waals surface area contributed by atoms with Gasteiger partial charge in [0.05, 0.1) is 19.3 Å². The first-order chi connectivity index (χ1) is 13.6. The second kappa shape index (κ2) is 9.81. The maximum atomic E-state index is 11.9. The van der Waals surface area contributed by atoms with E-state index in [9.17, 15) is 9.59 Å². The van der Waals surface area contributed by atoms with Gasteiger partial charge in [0.15, 0.2) is 4.34 Å². The zero-order chi connectivity index (χ0) is 19.8. The normalized spacial score (nSPS) is 10.3. The van der Waals surface area contributed by atoms with Crippen LogP contribution in [0.3, 0.4) is 0 Å². The minimum absolute atomic E-state index is 0.116. The topological polar surface area (TPSA) is 106 Å². The van der Waals surface area contributed by atoms with Gasteiger partial charge in [-0.15, -0.1) is 10.2 Å². The fourth-order valence-electron chi connectivity index (χ4n) is 2.15. The molecule has 0 radical (unpaired) electrons. The molecule has 144 valence electrons. The Labute approximate surface area is 169 Å². The van der Waals surface area contributed by atoms with E-state index >= 15 is 0 Å². The van der Waals surface area contributed by atoms with Gasteiger partial charge in [-0.3, -0.25) is 25.4 Å². The van der Waals surface area contributed by atoms with E-state index in [2.05, 4.69) is 26.0 Å². The van der Waals surface area contributed by atoms with Gasteiger partial charge >= 0.3 is 0 Å². The van der Waals surface area contributed by atoms with Gasteiger partial charge in [0.1, 0.15) is 10.8 Å². The number of hydrazine groups is 1. The Morgan fingerprint density at radius 3 is 2.61 bits per heavy atom. The summed E-state index contributed by atoms with van der Waals surface area (Å²) in [5.74, 6) is 0.201. The number of pyridine rings is 1. The maximum Gasteiger partial charge on any atom is 0.248 e. The number of carbonyl (C=O) groups excluding carboxylic acids is 2. The fourth-order valence-corrected chi connectivity index (χ4v) is 3.79. The fraction of sp³-hybridized carbons (Fsp3) is 0.167. The quantitative estimate of drug-likeness (QED) is 0.449. The van der Waals surface area contributed by atoms with Crippen molar-refractivity contribution in [3.63, 3.8) is 0 Å². The monoisotopic (exact) mass is 415 g/mol. The number of ether oxygens (including phenoxy) is 1. The summed E-state index contributed by atoms with van der Waals surface area (Å²) in [7, 11) is 1.58. The first kappa shape index (κ1) is 19.8. The Kier molecular flexibility index (Phi) is 6.93. The molecule has 0 saturated carbocycles. The molecule has 3 rings (SSSR count). The van der Waals surface area contributed by atoms with Gasteiger partial charge in [-0.25, -0.2) is 0 Å². The van der Waals surface area contributed by atoms with Gasteiger partial charge in [0.2, 0.25) is 11.8 Å². The molecule has 0 atom stereocenters. The van der Waals surface area contributed by atoms with Crippen LogP contribution in [0.25, 0.3) is 10.6 Å². The number of thioether (sulfide) groups is 1. The third kappa shape index (κ3) is 5.76. The Hall–Kier alpha value is -2.98. The highest BCUT2D eigenvalue weighted by Gasteiger charge is 2.11. The molecular formula is C18H17N5O3S2. The Balaban J connectivity index is 1.40. The van der Waals surface area contributed by atoms with E-state index in [4.69, 9.17) is 4.74 Å². The molecule has 2 aromatic heterocycles. The summed E-state index contributed by atoms with van der Waals surface area (Å²) < 4.78 is 5.74. The van der Waals surface area contributed by atoms with Crippen molar-refractivity contribution in [2.75, 3.05) is 12.9 Å². The molecule has 2 heterocycles. The number of rotatable bonds is 7. The zero-order valence-electron chi connectivity index (χ0n) is 14.9. The smallest absolute Gasteiger partial charge is 0.248 e. The number of aromatic nitrogens is 3. The van der Waals surface area contributed by atoms with Crippen LogP contribution >= 0.6 is 23.1 Å². The van der Waals surface area contributed by atoms with Crippen molar-refractivity contribution in [1.82, 2.24) is 26.0 Å². The average molecular weight is 416 g/mol. The summed E-state index contributed by atoms with van der Waals surface area (Å²) >= 11 is 2.63. The SMILES string of the molecule is COc1ccc(CC(=O)NNC(=O)CSc2nnc(-c3cccnc3)s2)cc1. The summed E-state index contributed by atoms with van der Waals surface area (Å²) in [5, 5.41) is 8.89. The molecule has 1 aromatic carbocycles. The lowest BCUT2D eigenvalue weighted by Crippen LogP contribution is -2.43. The summed E-state index contributed by atoms with van der Waals surface area (Å²) in [5.41, 5.74) is 6.49. The summed E-state index contributed by atoms with van der Waals surface area (Å²) in [4.78, 5) is 27.9. The molecular weight excluding hydrogens is 398 g/mol. The van der Waals surface area contributed by atoms with Crippen LogP contribution in [0.1, 0.15) is 5.56 Å². The molecule has 0 saturated heterocycles. The summed E-state index contributed by atoms with van der Waals surface area (Å²) in [6, 6.07) is 10.9. The second-order valence-electron chi connectivity index (χ2n) is 5.52. The van der Waals surface area contributed by atoms with Crippen LogP contribution in [-0.4, -0.2) is 39.9 Å². The Bertz CT molecular complexity index is 932. The van der Waals surface area contributed by atoms with E-state index in [0.29, 0.717) is 4.34 Å². The minimum Gasteiger partial charge on any atom is -0.497 e. The predicted molar refractivity (Wildman–Crippen MR) is 107 cm³/mol. The predicted octanol–water partition coefficient (Wildman–Crippen LogP) is 2.09. The highest BCUT2D eigenvalue weighted by Crippen LogP contribution is 2.28. The van der Waals surface area contributed by atoms with E-state index in [1.54, 1.807) is 43.8 Å². The number of methoxy groups -OCH3 is 1. The number of carbonyl (C=O) groups is 2. The molecule has 0 aliphatic rings. The van der Waals surface area contributed by atoms with Gasteiger partial charge in [-0.2, -0.15) is 0 Å². The first-order valence-corrected chi connectivity index (χ1v) is 10.0. The van der Waals surface area contributed by atoms with Crippen molar-refractivity contribution in [2.45, 2.75) is 10.8 Å². The standard InChI is InChI=1S/C18H17N5O3S2/c1-26-14-6-4-12(5-7-14)9-15(24)20-21-16(25)11-27-18-23-22-17(28-18)13-3-2-8-19-10-13/h2-8,10H,9,11H2,1H3,(H,20,24)(H,21,25). The lowest BCUT2D eigenvalue weighted by atomic mass is 10.1. The molecule has 0 bridgehead atoms. The van der Waals surface area contributed by atoms with Crippen molar-refractivity contribution < 1.29 is 14.3 Å². The van der Waals surface area contributed by atoms with Crippen LogP contribution in [0, 0.1) is 0 Å². The van der Waals surface area contributed by atoms with Crippen molar-refractivity contribution in [3.8, 4) is 16.3 Å². The zero-order valence-corrected chi connectivity index (χ0v) is 16.5. The number of hydrogen-bond donors (Lipinski definition) is 2.